The number of aliphatic carboxylic acids is 1. The Labute approximate surface area is 196 Å². The predicted octanol–water partition coefficient (Wildman–Crippen LogP) is 2.83. The Morgan fingerprint density at radius 1 is 0.824 bits per heavy atom. The number of carbonyl (C=O) groups excluding carboxylic acids is 2. The summed E-state index contributed by atoms with van der Waals surface area (Å²) in [6.45, 7) is -0.717. The first kappa shape index (κ1) is 23.0. The molecule has 0 saturated heterocycles. The molecular weight excluding hydrogens is 436 g/mol. The smallest absolute Gasteiger partial charge is 0.408 e. The number of benzene rings is 3. The van der Waals surface area contributed by atoms with Crippen LogP contribution in [0.2, 0.25) is 0 Å². The third-order valence-electron chi connectivity index (χ3n) is 5.80. The van der Waals surface area contributed by atoms with Gasteiger partial charge in [0.1, 0.15) is 18.7 Å². The minimum atomic E-state index is -1.50. The van der Waals surface area contributed by atoms with Gasteiger partial charge in [-0.05, 0) is 27.8 Å². The van der Waals surface area contributed by atoms with Crippen LogP contribution in [-0.2, 0) is 14.3 Å². The summed E-state index contributed by atoms with van der Waals surface area (Å²) in [5.41, 5.74) is 4.74. The SMILES string of the molecule is O=C(NC(C(=O)N[C@@H](CO)C(=O)O)c1ccccc1)OCC1c2ccccc2-c2ccccc21. The van der Waals surface area contributed by atoms with Crippen LogP contribution in [0.25, 0.3) is 11.1 Å². The maximum atomic E-state index is 12.8. The number of aliphatic hydroxyl groups excluding tert-OH is 1. The second kappa shape index (κ2) is 10.2. The Hall–Kier alpha value is -4.17. The quantitative estimate of drug-likeness (QED) is 0.410. The highest BCUT2D eigenvalue weighted by molar-refractivity contribution is 5.90. The molecule has 174 valence electrons. The number of aliphatic hydroxyl groups is 1. The van der Waals surface area contributed by atoms with Crippen LogP contribution < -0.4 is 10.6 Å². The molecule has 34 heavy (non-hydrogen) atoms. The van der Waals surface area contributed by atoms with Crippen molar-refractivity contribution in [3.05, 3.63) is 95.6 Å². The zero-order valence-electron chi connectivity index (χ0n) is 18.2. The molecule has 3 aromatic carbocycles. The second-order valence-electron chi connectivity index (χ2n) is 7.90. The molecule has 8 nitrogen and oxygen atoms in total. The number of ether oxygens (including phenoxy) is 1. The molecule has 0 fully saturated rings. The van der Waals surface area contributed by atoms with E-state index >= 15 is 0 Å². The fraction of sp³-hybridized carbons (Fsp3) is 0.192. The number of carboxylic acids is 1. The first-order valence-corrected chi connectivity index (χ1v) is 10.8. The van der Waals surface area contributed by atoms with Gasteiger partial charge in [-0.2, -0.15) is 0 Å². The van der Waals surface area contributed by atoms with Crippen molar-refractivity contribution < 1.29 is 29.3 Å². The van der Waals surface area contributed by atoms with Crippen molar-refractivity contribution in [2.24, 2.45) is 0 Å². The highest BCUT2D eigenvalue weighted by Gasteiger charge is 2.31. The molecule has 4 N–H and O–H groups in total. The Morgan fingerprint density at radius 2 is 1.38 bits per heavy atom. The molecule has 8 heteroatoms. The van der Waals surface area contributed by atoms with E-state index in [9.17, 15) is 19.5 Å². The van der Waals surface area contributed by atoms with Gasteiger partial charge in [0.05, 0.1) is 6.61 Å². The maximum absolute atomic E-state index is 12.8. The lowest BCUT2D eigenvalue weighted by Crippen LogP contribution is -2.49. The number of hydrogen-bond acceptors (Lipinski definition) is 5. The zero-order valence-corrected chi connectivity index (χ0v) is 18.2. The summed E-state index contributed by atoms with van der Waals surface area (Å²) in [7, 11) is 0. The predicted molar refractivity (Wildman–Crippen MR) is 124 cm³/mol. The second-order valence-corrected chi connectivity index (χ2v) is 7.90. The van der Waals surface area contributed by atoms with E-state index in [2.05, 4.69) is 10.6 Å². The molecule has 1 aliphatic carbocycles. The van der Waals surface area contributed by atoms with E-state index in [0.717, 1.165) is 22.3 Å². The first-order valence-electron chi connectivity index (χ1n) is 10.8. The van der Waals surface area contributed by atoms with Crippen molar-refractivity contribution in [1.29, 1.82) is 0 Å². The van der Waals surface area contributed by atoms with Gasteiger partial charge in [-0.15, -0.1) is 0 Å². The van der Waals surface area contributed by atoms with Crippen LogP contribution >= 0.6 is 0 Å². The topological polar surface area (TPSA) is 125 Å². The molecule has 0 heterocycles. The Morgan fingerprint density at radius 3 is 1.94 bits per heavy atom. The summed E-state index contributed by atoms with van der Waals surface area (Å²) in [5, 5.41) is 23.1. The molecule has 4 rings (SSSR count). The highest BCUT2D eigenvalue weighted by atomic mass is 16.5. The molecule has 0 aliphatic heterocycles. The number of nitrogens with one attached hydrogen (secondary N) is 2. The summed E-state index contributed by atoms with van der Waals surface area (Å²) in [6, 6.07) is 21.6. The average Bonchev–Trinajstić information content (AvgIpc) is 3.18. The van der Waals surface area contributed by atoms with E-state index in [0.29, 0.717) is 5.56 Å². The Bertz CT molecular complexity index is 1150. The fourth-order valence-electron chi connectivity index (χ4n) is 4.14. The van der Waals surface area contributed by atoms with Crippen LogP contribution in [-0.4, -0.2) is 47.4 Å². The van der Waals surface area contributed by atoms with Crippen LogP contribution in [0.5, 0.6) is 0 Å². The molecule has 3 aromatic rings. The van der Waals surface area contributed by atoms with E-state index in [1.807, 2.05) is 48.5 Å². The lowest BCUT2D eigenvalue weighted by atomic mass is 9.98. The number of rotatable bonds is 8. The summed E-state index contributed by atoms with van der Waals surface area (Å²) < 4.78 is 5.52. The molecule has 0 bridgehead atoms. The first-order chi connectivity index (χ1) is 16.5. The Kier molecular flexibility index (Phi) is 6.89. The third-order valence-corrected chi connectivity index (χ3v) is 5.80. The number of carboxylic acid groups (broad SMARTS) is 1. The Balaban J connectivity index is 1.48. The highest BCUT2D eigenvalue weighted by Crippen LogP contribution is 2.44. The lowest BCUT2D eigenvalue weighted by Gasteiger charge is -2.21. The van der Waals surface area contributed by atoms with Crippen LogP contribution in [0.4, 0.5) is 4.79 Å². The summed E-state index contributed by atoms with van der Waals surface area (Å²) in [5.74, 6) is -2.31. The molecule has 0 aromatic heterocycles. The zero-order chi connectivity index (χ0) is 24.1. The van der Waals surface area contributed by atoms with Gasteiger partial charge in [-0.25, -0.2) is 9.59 Å². The van der Waals surface area contributed by atoms with Crippen molar-refractivity contribution >= 4 is 18.0 Å². The number of amides is 2. The normalized spacial score (nSPS) is 13.8. The monoisotopic (exact) mass is 460 g/mol. The molecule has 0 saturated carbocycles. The minimum Gasteiger partial charge on any atom is -0.480 e. The number of fused-ring (bicyclic) bond motifs is 3. The molecule has 1 aliphatic rings. The van der Waals surface area contributed by atoms with Crippen LogP contribution in [0.15, 0.2) is 78.9 Å². The number of hydrogen-bond donors (Lipinski definition) is 4. The standard InChI is InChI=1S/C26H24N2O6/c29-14-22(25(31)32)27-24(30)23(16-8-2-1-3-9-16)28-26(33)34-15-21-19-12-6-4-10-17(19)18-11-5-7-13-20(18)21/h1-13,21-23,29H,14-15H2,(H,27,30)(H,28,33)(H,31,32)/t22-,23?/m0/s1. The van der Waals surface area contributed by atoms with Crippen molar-refractivity contribution in [1.82, 2.24) is 10.6 Å². The van der Waals surface area contributed by atoms with Crippen LogP contribution in [0.3, 0.4) is 0 Å². The van der Waals surface area contributed by atoms with E-state index in [1.54, 1.807) is 30.3 Å². The van der Waals surface area contributed by atoms with Crippen molar-refractivity contribution in [3.8, 4) is 11.1 Å². The van der Waals surface area contributed by atoms with E-state index in [-0.39, 0.29) is 12.5 Å². The number of alkyl carbamates (subject to hydrolysis) is 1. The van der Waals surface area contributed by atoms with Gasteiger partial charge in [0.25, 0.3) is 0 Å². The molecule has 1 unspecified atom stereocenters. The molecule has 0 radical (unpaired) electrons. The fourth-order valence-corrected chi connectivity index (χ4v) is 4.14. The largest absolute Gasteiger partial charge is 0.480 e. The number of carbonyl (C=O) groups is 3. The lowest BCUT2D eigenvalue weighted by molar-refractivity contribution is -0.143. The van der Waals surface area contributed by atoms with E-state index in [4.69, 9.17) is 9.84 Å². The van der Waals surface area contributed by atoms with Gasteiger partial charge >= 0.3 is 12.1 Å². The van der Waals surface area contributed by atoms with Gasteiger partial charge in [-0.3, -0.25) is 4.79 Å². The van der Waals surface area contributed by atoms with Gasteiger partial charge < -0.3 is 25.6 Å². The summed E-state index contributed by atoms with van der Waals surface area (Å²) in [4.78, 5) is 36.7. The molecule has 2 amide bonds. The average molecular weight is 460 g/mol. The molecule has 0 spiro atoms. The minimum absolute atomic E-state index is 0.0668. The summed E-state index contributed by atoms with van der Waals surface area (Å²) >= 11 is 0. The van der Waals surface area contributed by atoms with Gasteiger partial charge in [-0.1, -0.05) is 78.9 Å². The third kappa shape index (κ3) is 4.77. The maximum Gasteiger partial charge on any atom is 0.408 e. The molecular formula is C26H24N2O6. The summed E-state index contributed by atoms with van der Waals surface area (Å²) in [6.07, 6.45) is -0.818. The van der Waals surface area contributed by atoms with Crippen LogP contribution in [0, 0.1) is 0 Å². The van der Waals surface area contributed by atoms with Gasteiger partial charge in [0.15, 0.2) is 0 Å². The van der Waals surface area contributed by atoms with Crippen molar-refractivity contribution in [2.75, 3.05) is 13.2 Å². The van der Waals surface area contributed by atoms with E-state index in [1.165, 1.54) is 0 Å². The van der Waals surface area contributed by atoms with Gasteiger partial charge in [0, 0.05) is 5.92 Å². The molecule has 2 atom stereocenters. The van der Waals surface area contributed by atoms with Crippen molar-refractivity contribution in [3.63, 3.8) is 0 Å². The van der Waals surface area contributed by atoms with E-state index < -0.39 is 36.7 Å². The van der Waals surface area contributed by atoms with Crippen LogP contribution in [0.1, 0.15) is 28.7 Å². The van der Waals surface area contributed by atoms with Gasteiger partial charge in [0.2, 0.25) is 5.91 Å². The van der Waals surface area contributed by atoms with Crippen molar-refractivity contribution in [2.45, 2.75) is 18.0 Å².